The third-order valence-electron chi connectivity index (χ3n) is 2.44. The first kappa shape index (κ1) is 16.1. The summed E-state index contributed by atoms with van der Waals surface area (Å²) in [5.41, 5.74) is 0. The Morgan fingerprint density at radius 1 is 1.29 bits per heavy atom. The van der Waals surface area contributed by atoms with Gasteiger partial charge in [-0.15, -0.1) is 0 Å². The fraction of sp³-hybridized carbons (Fsp3) is 0.818. The summed E-state index contributed by atoms with van der Waals surface area (Å²) in [7, 11) is -0.0238. The van der Waals surface area contributed by atoms with E-state index in [2.05, 4.69) is 4.74 Å². The summed E-state index contributed by atoms with van der Waals surface area (Å²) in [4.78, 5) is 24.4. The standard InChI is InChI=1S/C11H21NO4S/c1-5-12(6-2)10(13)8-17(15)7-9(3)11(14)16-4/h9H,5-8H2,1-4H3. The zero-order valence-electron chi connectivity index (χ0n) is 10.9. The van der Waals surface area contributed by atoms with Gasteiger partial charge in [0.1, 0.15) is 5.75 Å². The Balaban J connectivity index is 4.18. The molecule has 6 heteroatoms. The highest BCUT2D eigenvalue weighted by Crippen LogP contribution is 2.02. The molecule has 5 nitrogen and oxygen atoms in total. The molecule has 0 saturated heterocycles. The highest BCUT2D eigenvalue weighted by Gasteiger charge is 2.19. The molecule has 0 aliphatic carbocycles. The average Bonchev–Trinajstić information content (AvgIpc) is 2.29. The lowest BCUT2D eigenvalue weighted by Crippen LogP contribution is -2.35. The molecular formula is C11H21NO4S. The van der Waals surface area contributed by atoms with E-state index in [-0.39, 0.29) is 17.4 Å². The van der Waals surface area contributed by atoms with Gasteiger partial charge in [-0.2, -0.15) is 0 Å². The molecule has 0 aromatic carbocycles. The van der Waals surface area contributed by atoms with Crippen LogP contribution in [0.5, 0.6) is 0 Å². The van der Waals surface area contributed by atoms with Crippen molar-refractivity contribution in [1.29, 1.82) is 0 Å². The normalized spacial score (nSPS) is 13.9. The Labute approximate surface area is 105 Å². The molecule has 17 heavy (non-hydrogen) atoms. The van der Waals surface area contributed by atoms with Crippen molar-refractivity contribution < 1.29 is 18.5 Å². The van der Waals surface area contributed by atoms with Crippen molar-refractivity contribution >= 4 is 22.7 Å². The molecular weight excluding hydrogens is 242 g/mol. The molecule has 0 aliphatic heterocycles. The number of hydrogen-bond donors (Lipinski definition) is 0. The second-order valence-corrected chi connectivity index (χ2v) is 5.24. The molecule has 0 aromatic rings. The van der Waals surface area contributed by atoms with Crippen LogP contribution < -0.4 is 0 Å². The predicted octanol–water partition coefficient (Wildman–Crippen LogP) is 0.413. The second-order valence-electron chi connectivity index (χ2n) is 3.74. The van der Waals surface area contributed by atoms with E-state index in [9.17, 15) is 13.8 Å². The van der Waals surface area contributed by atoms with Crippen LogP contribution in [0.25, 0.3) is 0 Å². The van der Waals surface area contributed by atoms with E-state index in [0.29, 0.717) is 13.1 Å². The van der Waals surface area contributed by atoms with Crippen LogP contribution in [-0.4, -0.2) is 52.7 Å². The quantitative estimate of drug-likeness (QED) is 0.624. The number of carbonyl (C=O) groups is 2. The lowest BCUT2D eigenvalue weighted by atomic mass is 10.2. The van der Waals surface area contributed by atoms with Crippen LogP contribution in [-0.2, 0) is 25.1 Å². The smallest absolute Gasteiger partial charge is 0.309 e. The zero-order valence-corrected chi connectivity index (χ0v) is 11.7. The number of methoxy groups -OCH3 is 1. The Kier molecular flexibility index (Phi) is 7.78. The molecule has 0 heterocycles. The first-order valence-electron chi connectivity index (χ1n) is 5.66. The molecule has 0 N–H and O–H groups in total. The van der Waals surface area contributed by atoms with E-state index in [4.69, 9.17) is 0 Å². The summed E-state index contributed by atoms with van der Waals surface area (Å²) < 4.78 is 16.2. The van der Waals surface area contributed by atoms with Gasteiger partial charge in [-0.25, -0.2) is 0 Å². The first-order valence-corrected chi connectivity index (χ1v) is 7.15. The Morgan fingerprint density at radius 3 is 2.24 bits per heavy atom. The second kappa shape index (κ2) is 8.22. The number of nitrogens with zero attached hydrogens (tertiary/aromatic N) is 1. The van der Waals surface area contributed by atoms with Crippen LogP contribution in [0.4, 0.5) is 0 Å². The van der Waals surface area contributed by atoms with Gasteiger partial charge in [0, 0.05) is 29.6 Å². The lowest BCUT2D eigenvalue weighted by Gasteiger charge is -2.18. The summed E-state index contributed by atoms with van der Waals surface area (Å²) >= 11 is 0. The van der Waals surface area contributed by atoms with Crippen LogP contribution in [0.2, 0.25) is 0 Å². The van der Waals surface area contributed by atoms with Gasteiger partial charge < -0.3 is 9.64 Å². The van der Waals surface area contributed by atoms with Crippen LogP contribution >= 0.6 is 0 Å². The van der Waals surface area contributed by atoms with E-state index >= 15 is 0 Å². The van der Waals surface area contributed by atoms with E-state index in [1.54, 1.807) is 11.8 Å². The van der Waals surface area contributed by atoms with Gasteiger partial charge in [-0.3, -0.25) is 13.8 Å². The summed E-state index contributed by atoms with van der Waals surface area (Å²) in [5, 5.41) is 0. The van der Waals surface area contributed by atoms with Crippen LogP contribution in [0.3, 0.4) is 0 Å². The van der Waals surface area contributed by atoms with E-state index in [0.717, 1.165) is 0 Å². The fourth-order valence-corrected chi connectivity index (χ4v) is 2.68. The van der Waals surface area contributed by atoms with Crippen molar-refractivity contribution in [3.05, 3.63) is 0 Å². The number of hydrogen-bond acceptors (Lipinski definition) is 4. The SMILES string of the molecule is CCN(CC)C(=O)CS(=O)CC(C)C(=O)OC. The Morgan fingerprint density at radius 2 is 1.82 bits per heavy atom. The highest BCUT2D eigenvalue weighted by atomic mass is 32.2. The van der Waals surface area contributed by atoms with Crippen molar-refractivity contribution in [3.63, 3.8) is 0 Å². The summed E-state index contributed by atoms with van der Waals surface area (Å²) in [6.45, 7) is 6.62. The van der Waals surface area contributed by atoms with Gasteiger partial charge in [-0.1, -0.05) is 6.92 Å². The predicted molar refractivity (Wildman–Crippen MR) is 67.0 cm³/mol. The van der Waals surface area contributed by atoms with Crippen LogP contribution in [0.15, 0.2) is 0 Å². The van der Waals surface area contributed by atoms with E-state index < -0.39 is 22.7 Å². The highest BCUT2D eigenvalue weighted by molar-refractivity contribution is 7.85. The maximum Gasteiger partial charge on any atom is 0.309 e. The number of esters is 1. The van der Waals surface area contributed by atoms with Crippen molar-refractivity contribution in [2.75, 3.05) is 31.7 Å². The van der Waals surface area contributed by atoms with Crippen molar-refractivity contribution in [2.45, 2.75) is 20.8 Å². The molecule has 2 unspecified atom stereocenters. The molecule has 0 bridgehead atoms. The lowest BCUT2D eigenvalue weighted by molar-refractivity contribution is -0.144. The van der Waals surface area contributed by atoms with E-state index in [1.165, 1.54) is 7.11 Å². The van der Waals surface area contributed by atoms with Crippen molar-refractivity contribution in [3.8, 4) is 0 Å². The van der Waals surface area contributed by atoms with Crippen LogP contribution in [0.1, 0.15) is 20.8 Å². The van der Waals surface area contributed by atoms with Crippen molar-refractivity contribution in [2.24, 2.45) is 5.92 Å². The molecule has 0 aliphatic rings. The Hall–Kier alpha value is -0.910. The average molecular weight is 263 g/mol. The largest absolute Gasteiger partial charge is 0.469 e. The monoisotopic (exact) mass is 263 g/mol. The minimum absolute atomic E-state index is 0.0248. The molecule has 1 amide bonds. The summed E-state index contributed by atoms with van der Waals surface area (Å²) in [6.07, 6.45) is 0. The molecule has 100 valence electrons. The van der Waals surface area contributed by atoms with E-state index in [1.807, 2.05) is 13.8 Å². The minimum Gasteiger partial charge on any atom is -0.469 e. The maximum atomic E-state index is 11.7. The number of rotatable bonds is 7. The maximum absolute atomic E-state index is 11.7. The zero-order chi connectivity index (χ0) is 13.4. The molecule has 0 radical (unpaired) electrons. The van der Waals surface area contributed by atoms with Gasteiger partial charge >= 0.3 is 5.97 Å². The molecule has 0 fully saturated rings. The van der Waals surface area contributed by atoms with Crippen LogP contribution in [0, 0.1) is 5.92 Å². The van der Waals surface area contributed by atoms with Crippen molar-refractivity contribution in [1.82, 2.24) is 4.90 Å². The summed E-state index contributed by atoms with van der Waals surface area (Å²) in [5.74, 6) is -0.827. The first-order chi connectivity index (χ1) is 7.96. The number of ether oxygens (including phenoxy) is 1. The molecule has 0 saturated carbocycles. The van der Waals surface area contributed by atoms with Gasteiger partial charge in [0.2, 0.25) is 5.91 Å². The van der Waals surface area contributed by atoms with Gasteiger partial charge in [0.05, 0.1) is 13.0 Å². The minimum atomic E-state index is -1.32. The number of carbonyl (C=O) groups excluding carboxylic acids is 2. The molecule has 0 aromatic heterocycles. The van der Waals surface area contributed by atoms with Gasteiger partial charge in [-0.05, 0) is 13.8 Å². The molecule has 0 rings (SSSR count). The molecule has 2 atom stereocenters. The Bertz CT molecular complexity index is 289. The topological polar surface area (TPSA) is 63.7 Å². The fourth-order valence-electron chi connectivity index (χ4n) is 1.41. The molecule has 0 spiro atoms. The van der Waals surface area contributed by atoms with Gasteiger partial charge in [0.25, 0.3) is 0 Å². The number of amides is 1. The van der Waals surface area contributed by atoms with Gasteiger partial charge in [0.15, 0.2) is 0 Å². The summed E-state index contributed by atoms with van der Waals surface area (Å²) in [6, 6.07) is 0. The third kappa shape index (κ3) is 5.81. The third-order valence-corrected chi connectivity index (χ3v) is 3.88.